The second kappa shape index (κ2) is 10.2. The van der Waals surface area contributed by atoms with E-state index in [2.05, 4.69) is 11.4 Å². The van der Waals surface area contributed by atoms with E-state index < -0.39 is 22.9 Å². The van der Waals surface area contributed by atoms with Gasteiger partial charge in [0, 0.05) is 18.5 Å². The molecule has 0 saturated carbocycles. The van der Waals surface area contributed by atoms with E-state index in [-0.39, 0.29) is 17.2 Å². The molecule has 1 spiro atoms. The lowest BCUT2D eigenvalue weighted by molar-refractivity contribution is -0.138. The number of para-hydroxylation sites is 1. The van der Waals surface area contributed by atoms with Crippen LogP contribution in [0.3, 0.4) is 0 Å². The van der Waals surface area contributed by atoms with Gasteiger partial charge in [-0.25, -0.2) is 0 Å². The van der Waals surface area contributed by atoms with Crippen LogP contribution in [0.4, 0.5) is 5.69 Å². The van der Waals surface area contributed by atoms with E-state index in [4.69, 9.17) is 5.73 Å². The minimum Gasteiger partial charge on any atom is -0.593 e. The summed E-state index contributed by atoms with van der Waals surface area (Å²) in [5.74, 6) is -0.390. The number of carbonyl (C=O) groups is 2. The van der Waals surface area contributed by atoms with Crippen LogP contribution in [0, 0.1) is 0 Å². The van der Waals surface area contributed by atoms with Crippen LogP contribution in [-0.4, -0.2) is 58.7 Å². The summed E-state index contributed by atoms with van der Waals surface area (Å²) in [6, 6.07) is 17.5. The predicted molar refractivity (Wildman–Crippen MR) is 140 cm³/mol. The van der Waals surface area contributed by atoms with Crippen LogP contribution in [0.15, 0.2) is 54.6 Å². The normalized spacial score (nSPS) is 18.8. The van der Waals surface area contributed by atoms with Gasteiger partial charge in [0.15, 0.2) is 0 Å². The van der Waals surface area contributed by atoms with Crippen molar-refractivity contribution >= 4 is 28.9 Å². The monoisotopic (exact) mass is 496 g/mol. The minimum absolute atomic E-state index is 0.0596. The summed E-state index contributed by atoms with van der Waals surface area (Å²) >= 11 is -1.10. The van der Waals surface area contributed by atoms with Crippen molar-refractivity contribution in [3.8, 4) is 0 Å². The molecule has 0 bridgehead atoms. The summed E-state index contributed by atoms with van der Waals surface area (Å²) in [5.41, 5.74) is 8.21. The van der Waals surface area contributed by atoms with Crippen LogP contribution >= 0.6 is 0 Å². The number of hydrogen-bond acceptors (Lipinski definition) is 5. The molecule has 1 saturated heterocycles. The fourth-order valence-corrected chi connectivity index (χ4v) is 6.04. The zero-order chi connectivity index (χ0) is 25.2. The van der Waals surface area contributed by atoms with E-state index >= 15 is 0 Å². The number of nitrogens with zero attached hydrogens (tertiary/aromatic N) is 2. The van der Waals surface area contributed by atoms with E-state index in [0.717, 1.165) is 24.1 Å². The van der Waals surface area contributed by atoms with Crippen LogP contribution in [0.25, 0.3) is 0 Å². The molecule has 8 heteroatoms. The summed E-state index contributed by atoms with van der Waals surface area (Å²) in [5, 5.41) is 2.92. The Bertz CT molecular complexity index is 1050. The van der Waals surface area contributed by atoms with Gasteiger partial charge in [0.25, 0.3) is 0 Å². The number of anilines is 1. The average Bonchev–Trinajstić information content (AvgIpc) is 3.16. The number of aryl methyl sites for hydroxylation is 1. The summed E-state index contributed by atoms with van der Waals surface area (Å²) in [7, 11) is 0. The van der Waals surface area contributed by atoms with Crippen molar-refractivity contribution in [1.82, 2.24) is 10.2 Å². The Kier molecular flexibility index (Phi) is 7.45. The molecular formula is C27H36N4O3S. The maximum atomic E-state index is 13.6. The Morgan fingerprint density at radius 3 is 2.37 bits per heavy atom. The number of fused-ring (bicyclic) bond motifs is 2. The summed E-state index contributed by atoms with van der Waals surface area (Å²) in [4.78, 5) is 28.2. The highest BCUT2D eigenvalue weighted by Crippen LogP contribution is 2.47. The van der Waals surface area contributed by atoms with Crippen molar-refractivity contribution < 1.29 is 14.1 Å². The summed E-state index contributed by atoms with van der Waals surface area (Å²) in [6.07, 6.45) is 4.51. The molecule has 0 aliphatic carbocycles. The Morgan fingerprint density at radius 2 is 1.74 bits per heavy atom. The highest BCUT2D eigenvalue weighted by molar-refractivity contribution is 7.92. The summed E-state index contributed by atoms with van der Waals surface area (Å²) < 4.78 is 14.4. The lowest BCUT2D eigenvalue weighted by atomic mass is 9.74. The Balaban J connectivity index is 1.47. The van der Waals surface area contributed by atoms with Gasteiger partial charge in [-0.15, -0.1) is 0 Å². The quantitative estimate of drug-likeness (QED) is 0.574. The smallest absolute Gasteiger partial charge is 0.245 e. The van der Waals surface area contributed by atoms with Crippen molar-refractivity contribution in [3.05, 3.63) is 65.7 Å². The predicted octanol–water partition coefficient (Wildman–Crippen LogP) is 2.52. The molecule has 1 unspecified atom stereocenters. The van der Waals surface area contributed by atoms with Crippen LogP contribution in [0.5, 0.6) is 0 Å². The van der Waals surface area contributed by atoms with Crippen LogP contribution in [-0.2, 0) is 32.8 Å². The van der Waals surface area contributed by atoms with E-state index in [1.165, 1.54) is 5.56 Å². The maximum Gasteiger partial charge on any atom is 0.245 e. The van der Waals surface area contributed by atoms with Gasteiger partial charge in [-0.3, -0.25) is 9.59 Å². The van der Waals surface area contributed by atoms with Gasteiger partial charge in [-0.05, 0) is 56.7 Å². The number of benzene rings is 2. The molecule has 2 atom stereocenters. The van der Waals surface area contributed by atoms with Crippen molar-refractivity contribution in [2.24, 2.45) is 5.73 Å². The van der Waals surface area contributed by atoms with Crippen LogP contribution in [0.1, 0.15) is 44.2 Å². The van der Waals surface area contributed by atoms with E-state index in [0.29, 0.717) is 32.5 Å². The van der Waals surface area contributed by atoms with Crippen LogP contribution < -0.4 is 15.4 Å². The van der Waals surface area contributed by atoms with Crippen molar-refractivity contribution in [3.63, 3.8) is 0 Å². The molecule has 2 aromatic carbocycles. The number of amides is 2. The van der Waals surface area contributed by atoms with Gasteiger partial charge in [-0.2, -0.15) is 4.31 Å². The van der Waals surface area contributed by atoms with Gasteiger partial charge >= 0.3 is 0 Å². The molecule has 0 aromatic heterocycles. The first kappa shape index (κ1) is 25.5. The minimum atomic E-state index is -1.10. The third-order valence-corrected chi connectivity index (χ3v) is 8.23. The molecule has 4 rings (SSSR count). The van der Waals surface area contributed by atoms with Gasteiger partial charge < -0.3 is 20.5 Å². The highest BCUT2D eigenvalue weighted by Gasteiger charge is 2.48. The van der Waals surface area contributed by atoms with E-state index in [1.54, 1.807) is 20.1 Å². The van der Waals surface area contributed by atoms with Crippen LogP contribution in [0.2, 0.25) is 0 Å². The molecule has 1 fully saturated rings. The molecule has 2 aromatic rings. The molecule has 35 heavy (non-hydrogen) atoms. The molecule has 2 amide bonds. The fourth-order valence-electron chi connectivity index (χ4n) is 5.17. The highest BCUT2D eigenvalue weighted by atomic mass is 32.2. The van der Waals surface area contributed by atoms with Crippen molar-refractivity contribution in [2.45, 2.75) is 56.5 Å². The van der Waals surface area contributed by atoms with Crippen molar-refractivity contribution in [2.75, 3.05) is 30.2 Å². The maximum absolute atomic E-state index is 13.6. The topological polar surface area (TPSA) is 102 Å². The van der Waals surface area contributed by atoms with Gasteiger partial charge in [-0.1, -0.05) is 48.5 Å². The molecule has 2 aliphatic rings. The molecule has 2 heterocycles. The SMILES string of the molecule is C[S+]([O-])N1CC2(CCN(C(=O)[C@@H](CCc3ccccc3)NC(=O)C(C)(C)N)CC2)c2ccccc21. The molecular weight excluding hydrogens is 460 g/mol. The lowest BCUT2D eigenvalue weighted by Gasteiger charge is -2.41. The second-order valence-corrected chi connectivity index (χ2v) is 11.6. The third-order valence-electron chi connectivity index (χ3n) is 7.29. The zero-order valence-corrected chi connectivity index (χ0v) is 21.6. The number of hydrogen-bond donors (Lipinski definition) is 2. The van der Waals surface area contributed by atoms with Gasteiger partial charge in [0.1, 0.15) is 12.3 Å². The number of rotatable bonds is 7. The molecule has 188 valence electrons. The largest absolute Gasteiger partial charge is 0.593 e. The van der Waals surface area contributed by atoms with Gasteiger partial charge in [0.05, 0.1) is 29.1 Å². The lowest BCUT2D eigenvalue weighted by Crippen LogP contribution is -2.58. The molecule has 2 aliphatic heterocycles. The van der Waals surface area contributed by atoms with E-state index in [9.17, 15) is 14.1 Å². The Hall–Kier alpha value is -2.55. The molecule has 0 radical (unpaired) electrons. The van der Waals surface area contributed by atoms with Crippen molar-refractivity contribution in [1.29, 1.82) is 0 Å². The fraction of sp³-hybridized carbons (Fsp3) is 0.481. The average molecular weight is 497 g/mol. The third kappa shape index (κ3) is 5.50. The first-order valence-corrected chi connectivity index (χ1v) is 13.8. The summed E-state index contributed by atoms with van der Waals surface area (Å²) in [6.45, 7) is 5.19. The Labute approximate surface area is 211 Å². The molecule has 7 nitrogen and oxygen atoms in total. The Morgan fingerprint density at radius 1 is 1.11 bits per heavy atom. The number of carbonyl (C=O) groups excluding carboxylic acids is 2. The first-order valence-electron chi connectivity index (χ1n) is 12.2. The first-order chi connectivity index (χ1) is 16.6. The molecule has 3 N–H and O–H groups in total. The zero-order valence-electron chi connectivity index (χ0n) is 20.8. The standard InChI is InChI=1S/C27H36N4O3S/c1-26(2,28)25(33)29-22(14-13-20-9-5-4-6-10-20)24(32)30-17-15-27(16-18-30)19-31(35(3)34)23-12-8-7-11-21(23)27/h4-12,22H,13-19,28H2,1-3H3,(H,29,33)/t22-,35?/m1/s1. The number of piperidine rings is 1. The van der Waals surface area contributed by atoms with E-state index in [1.807, 2.05) is 57.7 Å². The number of nitrogens with one attached hydrogen (secondary N) is 1. The number of nitrogens with two attached hydrogens (primary N) is 1. The van der Waals surface area contributed by atoms with Gasteiger partial charge in [0.2, 0.25) is 11.8 Å². The number of likely N-dealkylation sites (tertiary alicyclic amines) is 1. The second-order valence-electron chi connectivity index (χ2n) is 10.4.